The Balaban J connectivity index is 1.97. The number of esters is 1. The molecule has 3 rings (SSSR count). The zero-order chi connectivity index (χ0) is 21.7. The van der Waals surface area contributed by atoms with Crippen molar-refractivity contribution in [3.05, 3.63) is 41.0 Å². The van der Waals surface area contributed by atoms with Crippen LogP contribution in [0.5, 0.6) is 5.75 Å². The number of anilines is 1. The summed E-state index contributed by atoms with van der Waals surface area (Å²) in [6, 6.07) is 8.66. The molecule has 30 heavy (non-hydrogen) atoms. The van der Waals surface area contributed by atoms with Crippen molar-refractivity contribution in [3.63, 3.8) is 0 Å². The molecule has 1 aliphatic rings. The number of carbonyl (C=O) groups is 2. The summed E-state index contributed by atoms with van der Waals surface area (Å²) in [6.45, 7) is 2.04. The second kappa shape index (κ2) is 9.91. The van der Waals surface area contributed by atoms with Crippen molar-refractivity contribution in [2.75, 3.05) is 45.8 Å². The van der Waals surface area contributed by atoms with E-state index in [1.165, 1.54) is 7.11 Å². The van der Waals surface area contributed by atoms with Crippen molar-refractivity contribution >= 4 is 29.2 Å². The van der Waals surface area contributed by atoms with Gasteiger partial charge < -0.3 is 19.3 Å². The molecule has 160 valence electrons. The predicted octanol–water partition coefficient (Wildman–Crippen LogP) is 3.65. The largest absolute Gasteiger partial charge is 0.492 e. The van der Waals surface area contributed by atoms with Gasteiger partial charge in [-0.1, -0.05) is 17.7 Å². The summed E-state index contributed by atoms with van der Waals surface area (Å²) in [7, 11) is 5.33. The molecule has 1 saturated heterocycles. The average Bonchev–Trinajstić information content (AvgIpc) is 3.16. The van der Waals surface area contributed by atoms with E-state index < -0.39 is 5.97 Å². The first kappa shape index (κ1) is 22.1. The third-order valence-corrected chi connectivity index (χ3v) is 5.16. The van der Waals surface area contributed by atoms with Crippen LogP contribution >= 0.6 is 11.6 Å². The molecule has 7 nitrogen and oxygen atoms in total. The van der Waals surface area contributed by atoms with Gasteiger partial charge in [-0.2, -0.15) is 0 Å². The van der Waals surface area contributed by atoms with Crippen LogP contribution in [0, 0.1) is 0 Å². The number of nitrogens with zero attached hydrogens (tertiary/aromatic N) is 3. The number of aromatic nitrogens is 1. The van der Waals surface area contributed by atoms with Gasteiger partial charge in [-0.05, 0) is 51.2 Å². The van der Waals surface area contributed by atoms with Gasteiger partial charge in [0.1, 0.15) is 11.4 Å². The minimum absolute atomic E-state index is 0.0398. The molecule has 1 aliphatic heterocycles. The van der Waals surface area contributed by atoms with E-state index >= 15 is 0 Å². The summed E-state index contributed by atoms with van der Waals surface area (Å²) in [5, 5.41) is 0.492. The Morgan fingerprint density at radius 3 is 2.73 bits per heavy atom. The number of amides is 1. The highest BCUT2D eigenvalue weighted by Gasteiger charge is 2.26. The SMILES string of the molecule is COC(=O)c1ccc(N2CCCC2=O)c(-c2ccc(Cl)c(OCCCN(C)C)c2)n1. The van der Waals surface area contributed by atoms with Gasteiger partial charge in [0.05, 0.1) is 30.1 Å². The number of carbonyl (C=O) groups excluding carboxylic acids is 2. The maximum absolute atomic E-state index is 12.3. The van der Waals surface area contributed by atoms with Crippen LogP contribution in [0.4, 0.5) is 5.69 Å². The molecule has 0 bridgehead atoms. The fourth-order valence-electron chi connectivity index (χ4n) is 3.33. The van der Waals surface area contributed by atoms with Crippen molar-refractivity contribution in [3.8, 4) is 17.0 Å². The van der Waals surface area contributed by atoms with Gasteiger partial charge in [-0.15, -0.1) is 0 Å². The molecule has 1 aromatic carbocycles. The lowest BCUT2D eigenvalue weighted by Crippen LogP contribution is -2.25. The van der Waals surface area contributed by atoms with Crippen molar-refractivity contribution in [2.24, 2.45) is 0 Å². The molecule has 0 saturated carbocycles. The molecule has 0 radical (unpaired) electrons. The highest BCUT2D eigenvalue weighted by Crippen LogP contribution is 2.36. The second-order valence-electron chi connectivity index (χ2n) is 7.36. The number of pyridine rings is 1. The summed E-state index contributed by atoms with van der Waals surface area (Å²) in [5.41, 5.74) is 2.06. The highest BCUT2D eigenvalue weighted by atomic mass is 35.5. The number of hydrogen-bond acceptors (Lipinski definition) is 6. The van der Waals surface area contributed by atoms with Crippen LogP contribution in [0.3, 0.4) is 0 Å². The highest BCUT2D eigenvalue weighted by molar-refractivity contribution is 6.32. The average molecular weight is 432 g/mol. The number of ether oxygens (including phenoxy) is 2. The monoisotopic (exact) mass is 431 g/mol. The van der Waals surface area contributed by atoms with Gasteiger partial charge in [0.15, 0.2) is 0 Å². The van der Waals surface area contributed by atoms with Crippen molar-refractivity contribution in [1.82, 2.24) is 9.88 Å². The van der Waals surface area contributed by atoms with Crippen LogP contribution < -0.4 is 9.64 Å². The minimum atomic E-state index is -0.537. The van der Waals surface area contributed by atoms with E-state index in [9.17, 15) is 9.59 Å². The lowest BCUT2D eigenvalue weighted by molar-refractivity contribution is -0.117. The van der Waals surface area contributed by atoms with Crippen molar-refractivity contribution in [1.29, 1.82) is 0 Å². The molecule has 2 aromatic rings. The van der Waals surface area contributed by atoms with E-state index in [4.69, 9.17) is 21.1 Å². The Bertz CT molecular complexity index is 933. The summed E-state index contributed by atoms with van der Waals surface area (Å²) in [5.74, 6) is 0.0413. The van der Waals surface area contributed by atoms with Crippen LogP contribution in [0.25, 0.3) is 11.3 Å². The molecule has 1 fully saturated rings. The van der Waals surface area contributed by atoms with Crippen molar-refractivity contribution in [2.45, 2.75) is 19.3 Å². The van der Waals surface area contributed by atoms with Gasteiger partial charge in [-0.25, -0.2) is 9.78 Å². The first-order chi connectivity index (χ1) is 14.4. The van der Waals surface area contributed by atoms with Gasteiger partial charge in [-0.3, -0.25) is 4.79 Å². The zero-order valence-corrected chi connectivity index (χ0v) is 18.2. The summed E-state index contributed by atoms with van der Waals surface area (Å²) in [4.78, 5) is 32.7. The molecule has 2 heterocycles. The number of rotatable bonds is 8. The molecular formula is C22H26ClN3O4. The first-order valence-corrected chi connectivity index (χ1v) is 10.3. The number of halogens is 1. The van der Waals surface area contributed by atoms with Gasteiger partial charge in [0.2, 0.25) is 5.91 Å². The number of hydrogen-bond donors (Lipinski definition) is 0. The fraction of sp³-hybridized carbons (Fsp3) is 0.409. The molecule has 8 heteroatoms. The Morgan fingerprint density at radius 1 is 1.27 bits per heavy atom. The quantitative estimate of drug-likeness (QED) is 0.469. The number of methoxy groups -OCH3 is 1. The molecule has 0 spiro atoms. The van der Waals surface area contributed by atoms with E-state index in [0.717, 1.165) is 19.4 Å². The number of benzene rings is 1. The van der Waals surface area contributed by atoms with Crippen LogP contribution in [-0.4, -0.2) is 62.7 Å². The van der Waals surface area contributed by atoms with Gasteiger partial charge in [0.25, 0.3) is 0 Å². The second-order valence-corrected chi connectivity index (χ2v) is 7.76. The Labute approximate surface area is 181 Å². The third-order valence-electron chi connectivity index (χ3n) is 4.84. The first-order valence-electron chi connectivity index (χ1n) is 9.88. The maximum atomic E-state index is 12.3. The predicted molar refractivity (Wildman–Crippen MR) is 116 cm³/mol. The smallest absolute Gasteiger partial charge is 0.356 e. The zero-order valence-electron chi connectivity index (χ0n) is 17.5. The van der Waals surface area contributed by atoms with E-state index in [-0.39, 0.29) is 11.6 Å². The van der Waals surface area contributed by atoms with E-state index in [1.807, 2.05) is 20.2 Å². The normalized spacial score (nSPS) is 13.8. The van der Waals surface area contributed by atoms with E-state index in [2.05, 4.69) is 9.88 Å². The molecule has 0 N–H and O–H groups in total. The summed E-state index contributed by atoms with van der Waals surface area (Å²) >= 11 is 6.32. The van der Waals surface area contributed by atoms with Crippen molar-refractivity contribution < 1.29 is 19.1 Å². The summed E-state index contributed by atoms with van der Waals surface area (Å²) in [6.07, 6.45) is 2.15. The molecular weight excluding hydrogens is 406 g/mol. The lowest BCUT2D eigenvalue weighted by Gasteiger charge is -2.20. The van der Waals surface area contributed by atoms with Crippen LogP contribution in [0.15, 0.2) is 30.3 Å². The molecule has 0 unspecified atom stereocenters. The third kappa shape index (κ3) is 5.09. The molecule has 0 atom stereocenters. The summed E-state index contributed by atoms with van der Waals surface area (Å²) < 4.78 is 10.7. The van der Waals surface area contributed by atoms with Gasteiger partial charge in [0, 0.05) is 25.1 Å². The van der Waals surface area contributed by atoms with E-state index in [1.54, 1.807) is 29.2 Å². The molecule has 1 aromatic heterocycles. The Morgan fingerprint density at radius 2 is 2.07 bits per heavy atom. The Kier molecular flexibility index (Phi) is 7.29. The fourth-order valence-corrected chi connectivity index (χ4v) is 3.50. The van der Waals surface area contributed by atoms with Crippen LogP contribution in [0.1, 0.15) is 29.8 Å². The van der Waals surface area contributed by atoms with Gasteiger partial charge >= 0.3 is 5.97 Å². The standard InChI is InChI=1S/C22H26ClN3O4/c1-25(2)11-5-13-30-19-14-15(7-8-16(19)23)21-18(26-12-4-6-20(26)27)10-9-17(24-21)22(28)29-3/h7-10,14H,4-6,11-13H2,1-3H3. The molecule has 1 amide bonds. The lowest BCUT2D eigenvalue weighted by atomic mass is 10.1. The molecule has 0 aliphatic carbocycles. The van der Waals surface area contributed by atoms with E-state index in [0.29, 0.717) is 47.3 Å². The van der Waals surface area contributed by atoms with Crippen LogP contribution in [-0.2, 0) is 9.53 Å². The van der Waals surface area contributed by atoms with Crippen LogP contribution in [0.2, 0.25) is 5.02 Å². The Hall–Kier alpha value is -2.64. The minimum Gasteiger partial charge on any atom is -0.492 e. The topological polar surface area (TPSA) is 72.0 Å². The maximum Gasteiger partial charge on any atom is 0.356 e.